The first-order valence-corrected chi connectivity index (χ1v) is 14.3. The number of halogens is 1. The average Bonchev–Trinajstić information content (AvgIpc) is 3.71. The Labute approximate surface area is 274 Å². The largest absolute Gasteiger partial charge is 1.00 e. The number of fused-ring (bicyclic) bond motifs is 2. The van der Waals surface area contributed by atoms with Crippen LogP contribution in [0.5, 0.6) is 0 Å². The average molecular weight is 680 g/mol. The lowest BCUT2D eigenvalue weighted by atomic mass is 10.1. The standard InChI is InChI=1S/C32H28N11S.BrH/c1-39-27(21-41-17-5-3-7-29(39)41)25-13-9-23(10-14-25)19-33-35-31-36-37-32(44)43(31)38-34-20-24-11-15-26(16-12-24)28-22-42-18-6-4-8-30(42)40(28)2;/h3-22,38H,1-2H3,(H-,35,36,37,44);1H/q+1;/b33-19+,34-20+;. The van der Waals surface area contributed by atoms with Crippen molar-refractivity contribution in [2.24, 2.45) is 24.3 Å². The van der Waals surface area contributed by atoms with Crippen LogP contribution in [0.25, 0.3) is 33.8 Å². The Bertz CT molecular complexity index is 2220. The van der Waals surface area contributed by atoms with Gasteiger partial charge in [0.15, 0.2) is 11.4 Å². The van der Waals surface area contributed by atoms with Crippen molar-refractivity contribution in [2.75, 3.05) is 11.0 Å². The molecule has 2 aromatic carbocycles. The second kappa shape index (κ2) is 12.7. The van der Waals surface area contributed by atoms with Gasteiger partial charge in [0.2, 0.25) is 4.77 Å². The molecular weight excluding hydrogens is 650 g/mol. The van der Waals surface area contributed by atoms with Gasteiger partial charge in [0, 0.05) is 23.3 Å². The number of hydrogen-bond donors (Lipinski definition) is 3. The molecule has 0 bridgehead atoms. The molecule has 7 aromatic rings. The Balaban J connectivity index is 0.00000357. The van der Waals surface area contributed by atoms with Crippen LogP contribution in [0.3, 0.4) is 0 Å². The van der Waals surface area contributed by atoms with Crippen LogP contribution < -0.4 is 37.1 Å². The zero-order chi connectivity index (χ0) is 30.0. The summed E-state index contributed by atoms with van der Waals surface area (Å²) in [6.45, 7) is 0. The highest BCUT2D eigenvalue weighted by Crippen LogP contribution is 2.19. The number of nitrogens with one attached hydrogen (secondary N) is 3. The van der Waals surface area contributed by atoms with E-state index >= 15 is 0 Å². The number of hydrazone groups is 2. The van der Waals surface area contributed by atoms with Crippen molar-refractivity contribution in [3.8, 4) is 22.5 Å². The lowest BCUT2D eigenvalue weighted by Crippen LogP contribution is -3.00. The molecule has 0 saturated heterocycles. The van der Waals surface area contributed by atoms with E-state index in [1.54, 1.807) is 12.4 Å². The van der Waals surface area contributed by atoms with Gasteiger partial charge in [-0.15, -0.1) is 5.10 Å². The number of anilines is 1. The van der Waals surface area contributed by atoms with Crippen molar-refractivity contribution in [2.45, 2.75) is 0 Å². The number of aromatic amines is 1. The molecule has 7 rings (SSSR count). The molecule has 0 aliphatic heterocycles. The highest BCUT2D eigenvalue weighted by molar-refractivity contribution is 7.71. The Hall–Kier alpha value is -5.40. The Morgan fingerprint density at radius 2 is 1.24 bits per heavy atom. The quantitative estimate of drug-likeness (QED) is 0.0982. The number of nitrogens with zero attached hydrogens (tertiary/aromatic N) is 8. The molecule has 5 aromatic heterocycles. The van der Waals surface area contributed by atoms with Gasteiger partial charge in [0.1, 0.15) is 12.4 Å². The maximum absolute atomic E-state index is 5.36. The molecule has 0 spiro atoms. The first kappa shape index (κ1) is 29.7. The molecule has 45 heavy (non-hydrogen) atoms. The van der Waals surface area contributed by atoms with E-state index in [0.29, 0.717) is 10.7 Å². The van der Waals surface area contributed by atoms with Crippen LogP contribution in [0.15, 0.2) is 120 Å². The minimum atomic E-state index is 0. The summed E-state index contributed by atoms with van der Waals surface area (Å²) in [5.74, 6) is 0.371. The van der Waals surface area contributed by atoms with Crippen LogP contribution in [0.2, 0.25) is 0 Å². The van der Waals surface area contributed by atoms with E-state index in [4.69, 9.17) is 12.2 Å². The third kappa shape index (κ3) is 5.90. The number of H-pyrrole nitrogens is 1. The molecular formula is C32H29BrN11S+. The molecule has 0 saturated carbocycles. The van der Waals surface area contributed by atoms with E-state index in [1.807, 2.05) is 60.9 Å². The van der Waals surface area contributed by atoms with Gasteiger partial charge in [0.05, 0.1) is 38.9 Å². The van der Waals surface area contributed by atoms with E-state index in [0.717, 1.165) is 44.9 Å². The van der Waals surface area contributed by atoms with Crippen LogP contribution >= 0.6 is 12.2 Å². The van der Waals surface area contributed by atoms with Crippen LogP contribution in [-0.4, -0.2) is 36.1 Å². The molecule has 0 atom stereocenters. The summed E-state index contributed by atoms with van der Waals surface area (Å²) in [5.41, 5.74) is 14.4. The van der Waals surface area contributed by atoms with E-state index in [2.05, 4.69) is 112 Å². The lowest BCUT2D eigenvalue weighted by Gasteiger charge is -2.04. The number of aryl methyl sites for hydroxylation is 2. The monoisotopic (exact) mass is 678 g/mol. The van der Waals surface area contributed by atoms with Crippen molar-refractivity contribution < 1.29 is 26.1 Å². The summed E-state index contributed by atoms with van der Waals surface area (Å²) in [4.78, 5) is 0. The van der Waals surface area contributed by atoms with Crippen molar-refractivity contribution in [1.82, 2.24) is 23.7 Å². The molecule has 0 aliphatic rings. The highest BCUT2D eigenvalue weighted by Gasteiger charge is 2.16. The molecule has 0 unspecified atom stereocenters. The van der Waals surface area contributed by atoms with E-state index in [-0.39, 0.29) is 17.0 Å². The first-order valence-electron chi connectivity index (χ1n) is 13.9. The number of aromatic nitrogens is 7. The van der Waals surface area contributed by atoms with Crippen molar-refractivity contribution in [1.29, 1.82) is 0 Å². The van der Waals surface area contributed by atoms with Crippen molar-refractivity contribution >= 4 is 41.9 Å². The fourth-order valence-corrected chi connectivity index (χ4v) is 5.34. The normalized spacial score (nSPS) is 11.5. The Morgan fingerprint density at radius 1 is 0.733 bits per heavy atom. The molecule has 13 heteroatoms. The highest BCUT2D eigenvalue weighted by atomic mass is 79.9. The number of pyridine rings is 2. The Kier molecular flexibility index (Phi) is 8.36. The van der Waals surface area contributed by atoms with Gasteiger partial charge in [0.25, 0.3) is 17.2 Å². The summed E-state index contributed by atoms with van der Waals surface area (Å²) >= 11 is 5.36. The molecule has 0 radical (unpaired) electrons. The maximum Gasteiger partial charge on any atom is 0.286 e. The van der Waals surface area contributed by atoms with Crippen LogP contribution in [-0.2, 0) is 14.1 Å². The molecule has 5 heterocycles. The number of hydrogen-bond acceptors (Lipinski definition) is 6. The van der Waals surface area contributed by atoms with Gasteiger partial charge in [-0.1, -0.05) is 36.4 Å². The third-order valence-electron chi connectivity index (χ3n) is 7.50. The SMILES string of the molecule is C[n+]1c(-c2ccc(/C=N/Nc3n[nH]c(=S)n3N/N=C/c3ccc(-c4cn5ccccc5[n+]4C)cc3)cc2)cn2ccccc21.[Br-]. The minimum absolute atomic E-state index is 0. The van der Waals surface area contributed by atoms with E-state index < -0.39 is 0 Å². The first-order chi connectivity index (χ1) is 21.5. The topological polar surface area (TPSA) is 99.0 Å². The number of imidazole rings is 2. The molecule has 11 nitrogen and oxygen atoms in total. The van der Waals surface area contributed by atoms with Crippen LogP contribution in [0, 0.1) is 4.77 Å². The molecule has 0 amide bonds. The summed E-state index contributed by atoms with van der Waals surface area (Å²) in [7, 11) is 4.13. The van der Waals surface area contributed by atoms with Gasteiger partial charge >= 0.3 is 0 Å². The van der Waals surface area contributed by atoms with Gasteiger partial charge in [-0.25, -0.2) is 34.0 Å². The lowest BCUT2D eigenvalue weighted by molar-refractivity contribution is -0.633. The van der Waals surface area contributed by atoms with Crippen molar-refractivity contribution in [3.63, 3.8) is 0 Å². The van der Waals surface area contributed by atoms with E-state index in [9.17, 15) is 0 Å². The zero-order valence-electron chi connectivity index (χ0n) is 24.4. The molecule has 0 fully saturated rings. The fourth-order valence-electron chi connectivity index (χ4n) is 5.17. The molecule has 0 aliphatic carbocycles. The summed E-state index contributed by atoms with van der Waals surface area (Å²) in [6, 6.07) is 28.7. The van der Waals surface area contributed by atoms with Gasteiger partial charge in [-0.2, -0.15) is 14.9 Å². The second-order valence-electron chi connectivity index (χ2n) is 10.2. The third-order valence-corrected chi connectivity index (χ3v) is 7.78. The molecule has 224 valence electrons. The summed E-state index contributed by atoms with van der Waals surface area (Å²) in [6.07, 6.45) is 11.8. The number of rotatable bonds is 8. The van der Waals surface area contributed by atoms with Crippen LogP contribution in [0.1, 0.15) is 11.1 Å². The predicted octanol–water partition coefficient (Wildman–Crippen LogP) is 1.46. The predicted molar refractivity (Wildman–Crippen MR) is 174 cm³/mol. The Morgan fingerprint density at radius 3 is 1.76 bits per heavy atom. The zero-order valence-corrected chi connectivity index (χ0v) is 26.8. The summed E-state index contributed by atoms with van der Waals surface area (Å²) < 4.78 is 10.4. The van der Waals surface area contributed by atoms with Crippen LogP contribution in [0.4, 0.5) is 5.95 Å². The summed E-state index contributed by atoms with van der Waals surface area (Å²) in [5, 5.41) is 15.6. The molecule has 3 N–H and O–H groups in total. The second-order valence-corrected chi connectivity index (χ2v) is 10.6. The fraction of sp³-hybridized carbons (Fsp3) is 0.0625. The smallest absolute Gasteiger partial charge is 0.286 e. The van der Waals surface area contributed by atoms with Gasteiger partial charge in [-0.3, -0.25) is 0 Å². The van der Waals surface area contributed by atoms with Gasteiger partial charge in [-0.05, 0) is 59.7 Å². The minimum Gasteiger partial charge on any atom is -1.00 e. The van der Waals surface area contributed by atoms with Crippen molar-refractivity contribution in [3.05, 3.63) is 126 Å². The number of benzene rings is 2. The van der Waals surface area contributed by atoms with E-state index in [1.165, 1.54) is 4.68 Å². The maximum atomic E-state index is 5.36. The van der Waals surface area contributed by atoms with Gasteiger partial charge < -0.3 is 17.0 Å².